The van der Waals surface area contributed by atoms with E-state index in [1.54, 1.807) is 24.3 Å². The smallest absolute Gasteiger partial charge is 0.333 e. The minimum absolute atomic E-state index is 0.0342. The van der Waals surface area contributed by atoms with Crippen LogP contribution in [-0.2, 0) is 38.7 Å². The molecule has 1 N–H and O–H groups in total. The molecule has 2 atom stereocenters. The summed E-state index contributed by atoms with van der Waals surface area (Å²) in [4.78, 5) is 23.7. The Hall–Kier alpha value is -3.97. The second-order valence-electron chi connectivity index (χ2n) is 9.11. The average Bonchev–Trinajstić information content (AvgIpc) is 2.93. The fourth-order valence-electron chi connectivity index (χ4n) is 3.41. The first kappa shape index (κ1) is 34.2. The predicted octanol–water partition coefficient (Wildman–Crippen LogP) is 4.23. The summed E-state index contributed by atoms with van der Waals surface area (Å²) >= 11 is 0. The Labute approximate surface area is 245 Å². The number of esters is 2. The average molecular weight is 605 g/mol. The van der Waals surface area contributed by atoms with Gasteiger partial charge >= 0.3 is 11.9 Å². The van der Waals surface area contributed by atoms with Gasteiger partial charge in [-0.25, -0.2) is 9.59 Å². The van der Waals surface area contributed by atoms with Crippen LogP contribution in [0.3, 0.4) is 0 Å². The van der Waals surface area contributed by atoms with Gasteiger partial charge in [-0.1, -0.05) is 49.6 Å². The topological polar surface area (TPSA) is 144 Å². The zero-order chi connectivity index (χ0) is 31.3. The molecular weight excluding hydrogens is 568 g/mol. The highest BCUT2D eigenvalue weighted by atomic mass is 32.2. The van der Waals surface area contributed by atoms with Gasteiger partial charge in [-0.3, -0.25) is 4.55 Å². The maximum Gasteiger partial charge on any atom is 0.333 e. The van der Waals surface area contributed by atoms with E-state index in [1.165, 1.54) is 26.0 Å². The Morgan fingerprint density at radius 1 is 0.833 bits per heavy atom. The quantitative estimate of drug-likeness (QED) is 0.0809. The maximum absolute atomic E-state index is 12.5. The Balaban J connectivity index is 2.45. The van der Waals surface area contributed by atoms with Crippen molar-refractivity contribution in [2.45, 2.75) is 31.0 Å². The third-order valence-electron chi connectivity index (χ3n) is 5.36. The molecule has 0 amide bonds. The lowest BCUT2D eigenvalue weighted by Crippen LogP contribution is -2.30. The van der Waals surface area contributed by atoms with E-state index < -0.39 is 39.2 Å². The summed E-state index contributed by atoms with van der Waals surface area (Å²) in [6.07, 6.45) is 1.21. The maximum atomic E-state index is 12.5. The van der Waals surface area contributed by atoms with E-state index in [9.17, 15) is 22.6 Å². The number of carbonyl (C=O) groups excluding carboxylic acids is 2. The van der Waals surface area contributed by atoms with Gasteiger partial charge in [0.2, 0.25) is 0 Å². The molecule has 0 fully saturated rings. The molecule has 0 heterocycles. The Morgan fingerprint density at radius 3 is 1.76 bits per heavy atom. The molecule has 228 valence electrons. The van der Waals surface area contributed by atoms with E-state index in [-0.39, 0.29) is 67.7 Å². The van der Waals surface area contributed by atoms with Crippen molar-refractivity contribution >= 4 is 32.8 Å². The minimum atomic E-state index is -4.84. The van der Waals surface area contributed by atoms with Crippen molar-refractivity contribution in [3.05, 3.63) is 79.9 Å². The summed E-state index contributed by atoms with van der Waals surface area (Å²) in [7, 11) is -4.84. The van der Waals surface area contributed by atoms with Gasteiger partial charge < -0.3 is 28.4 Å². The van der Waals surface area contributed by atoms with Crippen LogP contribution in [0.2, 0.25) is 0 Å². The Bertz CT molecular complexity index is 1410. The van der Waals surface area contributed by atoms with Crippen molar-refractivity contribution in [3.63, 3.8) is 0 Å². The molecule has 0 saturated heterocycles. The second-order valence-corrected chi connectivity index (χ2v) is 10.5. The van der Waals surface area contributed by atoms with Gasteiger partial charge in [-0.2, -0.15) is 8.42 Å². The SMILES string of the molecule is C=CCOCC(COc1cc(S(=O)(=O)O)c(OCC(COCC=C)OC(=O)C(=C)C)c2ccccc12)OC(=O)C(=C)C. The van der Waals surface area contributed by atoms with E-state index in [0.29, 0.717) is 5.39 Å². The Kier molecular flexibility index (Phi) is 13.4. The van der Waals surface area contributed by atoms with Crippen LogP contribution in [0, 0.1) is 0 Å². The molecule has 2 rings (SSSR count). The van der Waals surface area contributed by atoms with Gasteiger partial charge in [0.15, 0.2) is 12.2 Å². The molecule has 0 aliphatic heterocycles. The van der Waals surface area contributed by atoms with E-state index >= 15 is 0 Å². The number of carbonyl (C=O) groups is 2. The van der Waals surface area contributed by atoms with Crippen LogP contribution in [0.5, 0.6) is 11.5 Å². The number of benzene rings is 2. The summed E-state index contributed by atoms with van der Waals surface area (Å²) < 4.78 is 68.4. The van der Waals surface area contributed by atoms with Gasteiger partial charge in [0.25, 0.3) is 10.1 Å². The molecule has 11 nitrogen and oxygen atoms in total. The molecule has 42 heavy (non-hydrogen) atoms. The van der Waals surface area contributed by atoms with Gasteiger partial charge in [-0.05, 0) is 13.8 Å². The molecule has 0 saturated carbocycles. The fraction of sp³-hybridized carbons (Fsp3) is 0.333. The largest absolute Gasteiger partial charge is 0.489 e. The highest BCUT2D eigenvalue weighted by Crippen LogP contribution is 2.39. The summed E-state index contributed by atoms with van der Waals surface area (Å²) in [6, 6.07) is 7.65. The lowest BCUT2D eigenvalue weighted by Gasteiger charge is -2.22. The first-order valence-electron chi connectivity index (χ1n) is 12.8. The van der Waals surface area contributed by atoms with Gasteiger partial charge in [-0.15, -0.1) is 13.2 Å². The van der Waals surface area contributed by atoms with Crippen LogP contribution in [-0.4, -0.2) is 76.8 Å². The van der Waals surface area contributed by atoms with Crippen LogP contribution in [0.1, 0.15) is 13.8 Å². The van der Waals surface area contributed by atoms with Crippen molar-refractivity contribution in [2.75, 3.05) is 39.6 Å². The van der Waals surface area contributed by atoms with E-state index in [1.807, 2.05) is 0 Å². The van der Waals surface area contributed by atoms with Gasteiger partial charge in [0, 0.05) is 28.0 Å². The summed E-state index contributed by atoms with van der Waals surface area (Å²) in [5.41, 5.74) is 0.322. The zero-order valence-corrected chi connectivity index (χ0v) is 24.5. The van der Waals surface area contributed by atoms with E-state index in [2.05, 4.69) is 26.3 Å². The van der Waals surface area contributed by atoms with Gasteiger partial charge in [0.05, 0.1) is 26.4 Å². The van der Waals surface area contributed by atoms with Crippen molar-refractivity contribution in [2.24, 2.45) is 0 Å². The zero-order valence-electron chi connectivity index (χ0n) is 23.7. The van der Waals surface area contributed by atoms with Crippen LogP contribution in [0.25, 0.3) is 10.8 Å². The van der Waals surface area contributed by atoms with Gasteiger partial charge in [0.1, 0.15) is 29.6 Å². The first-order valence-corrected chi connectivity index (χ1v) is 14.2. The summed E-state index contributed by atoms with van der Waals surface area (Å²) in [5.74, 6) is -1.48. The van der Waals surface area contributed by atoms with Crippen LogP contribution in [0.4, 0.5) is 0 Å². The number of ether oxygens (including phenoxy) is 6. The molecule has 0 aromatic heterocycles. The molecule has 0 spiro atoms. The minimum Gasteiger partial charge on any atom is -0.489 e. The molecule has 2 aromatic carbocycles. The lowest BCUT2D eigenvalue weighted by atomic mass is 10.1. The second kappa shape index (κ2) is 16.5. The van der Waals surface area contributed by atoms with E-state index in [0.717, 1.165) is 6.07 Å². The van der Waals surface area contributed by atoms with Crippen LogP contribution < -0.4 is 9.47 Å². The first-order chi connectivity index (χ1) is 19.9. The van der Waals surface area contributed by atoms with Crippen LogP contribution >= 0.6 is 0 Å². The summed E-state index contributed by atoms with van der Waals surface area (Å²) in [5, 5.41) is 0.702. The van der Waals surface area contributed by atoms with Crippen molar-refractivity contribution in [3.8, 4) is 11.5 Å². The third-order valence-corrected chi connectivity index (χ3v) is 6.22. The molecule has 0 aliphatic carbocycles. The normalized spacial score (nSPS) is 12.5. The van der Waals surface area contributed by atoms with Crippen LogP contribution in [0.15, 0.2) is 84.8 Å². The number of hydrogen-bond donors (Lipinski definition) is 1. The Morgan fingerprint density at radius 2 is 1.31 bits per heavy atom. The molecular formula is C30H36O11S. The van der Waals surface area contributed by atoms with Crippen molar-refractivity contribution in [1.29, 1.82) is 0 Å². The lowest BCUT2D eigenvalue weighted by molar-refractivity contribution is -0.149. The molecule has 2 aromatic rings. The van der Waals surface area contributed by atoms with E-state index in [4.69, 9.17) is 28.4 Å². The fourth-order valence-corrected chi connectivity index (χ4v) is 4.07. The number of hydrogen-bond acceptors (Lipinski definition) is 10. The number of fused-ring (bicyclic) bond motifs is 1. The highest BCUT2D eigenvalue weighted by Gasteiger charge is 2.26. The third kappa shape index (κ3) is 10.5. The highest BCUT2D eigenvalue weighted by molar-refractivity contribution is 7.86. The molecule has 0 bridgehead atoms. The van der Waals surface area contributed by atoms with Crippen molar-refractivity contribution < 1.29 is 51.0 Å². The monoisotopic (exact) mass is 604 g/mol. The molecule has 0 radical (unpaired) electrons. The predicted molar refractivity (Wildman–Crippen MR) is 156 cm³/mol. The standard InChI is InChI=1S/C30H36O11S/c1-7-13-36-16-22(40-29(31)20(3)4)18-38-26-15-27(42(33,34)35)28(25-12-10-9-11-24(25)26)39-19-23(17-37-14-8-2)41-30(32)21(5)6/h7-12,15,22-23H,1-3,5,13-14,16-19H2,4,6H3,(H,33,34,35). The number of rotatable bonds is 19. The molecule has 0 aliphatic rings. The van der Waals surface area contributed by atoms with Crippen molar-refractivity contribution in [1.82, 2.24) is 0 Å². The molecule has 2 unspecified atom stereocenters. The summed E-state index contributed by atoms with van der Waals surface area (Å²) in [6.45, 7) is 16.9. The molecule has 12 heteroatoms.